The number of hydrogen-bond donors (Lipinski definition) is 1. The fourth-order valence-electron chi connectivity index (χ4n) is 1.40. The molecule has 1 unspecified atom stereocenters. The van der Waals surface area contributed by atoms with E-state index < -0.39 is 17.9 Å². The van der Waals surface area contributed by atoms with E-state index in [1.807, 2.05) is 13.8 Å². The van der Waals surface area contributed by atoms with Gasteiger partial charge in [-0.05, 0) is 23.6 Å². The molecule has 0 saturated heterocycles. The van der Waals surface area contributed by atoms with E-state index in [0.717, 1.165) is 12.7 Å². The third-order valence-electron chi connectivity index (χ3n) is 2.46. The molecule has 5 heteroatoms. The molecular formula is C12H14ClFO3. The van der Waals surface area contributed by atoms with Gasteiger partial charge in [-0.15, -0.1) is 0 Å². The summed E-state index contributed by atoms with van der Waals surface area (Å²) in [5.74, 6) is -1.61. The van der Waals surface area contributed by atoms with Crippen LogP contribution in [-0.2, 0) is 9.53 Å². The normalized spacial score (nSPS) is 12.6. The second-order valence-electron chi connectivity index (χ2n) is 3.99. The van der Waals surface area contributed by atoms with E-state index in [4.69, 9.17) is 11.6 Å². The van der Waals surface area contributed by atoms with Gasteiger partial charge in [-0.3, -0.25) is 0 Å². The van der Waals surface area contributed by atoms with Crippen molar-refractivity contribution < 1.29 is 19.0 Å². The van der Waals surface area contributed by atoms with E-state index >= 15 is 0 Å². The Bertz CT molecular complexity index is 432. The smallest absolute Gasteiger partial charge is 0.339 e. The van der Waals surface area contributed by atoms with Gasteiger partial charge in [0.15, 0.2) is 6.10 Å². The molecule has 0 saturated carbocycles. The quantitative estimate of drug-likeness (QED) is 0.850. The Labute approximate surface area is 104 Å². The zero-order valence-electron chi connectivity index (χ0n) is 9.83. The highest BCUT2D eigenvalue weighted by molar-refractivity contribution is 6.30. The number of aliphatic hydroxyl groups excluding tert-OH is 1. The van der Waals surface area contributed by atoms with Gasteiger partial charge in [-0.1, -0.05) is 25.4 Å². The lowest BCUT2D eigenvalue weighted by molar-refractivity contribution is -0.150. The van der Waals surface area contributed by atoms with Crippen LogP contribution < -0.4 is 0 Å². The lowest BCUT2D eigenvalue weighted by Crippen LogP contribution is -2.15. The number of halogens is 2. The van der Waals surface area contributed by atoms with Crippen molar-refractivity contribution in [2.24, 2.45) is 0 Å². The van der Waals surface area contributed by atoms with Crippen molar-refractivity contribution in [3.05, 3.63) is 34.1 Å². The van der Waals surface area contributed by atoms with E-state index in [-0.39, 0.29) is 16.5 Å². The van der Waals surface area contributed by atoms with Gasteiger partial charge < -0.3 is 9.84 Å². The Morgan fingerprint density at radius 1 is 1.47 bits per heavy atom. The molecule has 0 heterocycles. The third kappa shape index (κ3) is 2.96. The van der Waals surface area contributed by atoms with Gasteiger partial charge >= 0.3 is 5.97 Å². The van der Waals surface area contributed by atoms with Crippen molar-refractivity contribution in [1.29, 1.82) is 0 Å². The Hall–Kier alpha value is -1.13. The van der Waals surface area contributed by atoms with Crippen molar-refractivity contribution in [2.75, 3.05) is 7.11 Å². The highest BCUT2D eigenvalue weighted by atomic mass is 35.5. The Balaban J connectivity index is 3.27. The van der Waals surface area contributed by atoms with Gasteiger partial charge in [-0.25, -0.2) is 9.18 Å². The fourth-order valence-corrected chi connectivity index (χ4v) is 1.64. The first-order chi connectivity index (χ1) is 7.88. The van der Waals surface area contributed by atoms with Gasteiger partial charge in [0.25, 0.3) is 0 Å². The van der Waals surface area contributed by atoms with Crippen LogP contribution in [0.3, 0.4) is 0 Å². The minimum Gasteiger partial charge on any atom is -0.467 e. The van der Waals surface area contributed by atoms with Crippen LogP contribution in [0.5, 0.6) is 0 Å². The molecule has 0 fully saturated rings. The number of aliphatic hydroxyl groups is 1. The molecule has 94 valence electrons. The maximum atomic E-state index is 13.7. The van der Waals surface area contributed by atoms with E-state index in [2.05, 4.69) is 4.74 Å². The van der Waals surface area contributed by atoms with Crippen LogP contribution in [0, 0.1) is 5.82 Å². The molecule has 1 atom stereocenters. The number of rotatable bonds is 3. The maximum absolute atomic E-state index is 13.7. The van der Waals surface area contributed by atoms with Crippen LogP contribution in [0.25, 0.3) is 0 Å². The van der Waals surface area contributed by atoms with E-state index in [0.29, 0.717) is 0 Å². The molecule has 0 aliphatic rings. The predicted octanol–water partition coefficient (Wildman–Crippen LogP) is 2.81. The van der Waals surface area contributed by atoms with Crippen molar-refractivity contribution in [3.63, 3.8) is 0 Å². The molecule has 0 spiro atoms. The van der Waals surface area contributed by atoms with Gasteiger partial charge in [0, 0.05) is 5.56 Å². The molecular weight excluding hydrogens is 247 g/mol. The fraction of sp³-hybridized carbons (Fsp3) is 0.417. The molecule has 3 nitrogen and oxygen atoms in total. The summed E-state index contributed by atoms with van der Waals surface area (Å²) in [7, 11) is 1.12. The van der Waals surface area contributed by atoms with Crippen molar-refractivity contribution in [1.82, 2.24) is 0 Å². The average molecular weight is 261 g/mol. The summed E-state index contributed by atoms with van der Waals surface area (Å²) in [4.78, 5) is 11.2. The molecule has 0 bridgehead atoms. The highest BCUT2D eigenvalue weighted by Crippen LogP contribution is 2.29. The van der Waals surface area contributed by atoms with Crippen LogP contribution in [0.4, 0.5) is 4.39 Å². The number of ether oxygens (including phenoxy) is 1. The van der Waals surface area contributed by atoms with Crippen LogP contribution in [0.15, 0.2) is 12.1 Å². The molecule has 1 aromatic rings. The third-order valence-corrected chi connectivity index (χ3v) is 2.74. The predicted molar refractivity (Wildman–Crippen MR) is 62.5 cm³/mol. The monoisotopic (exact) mass is 260 g/mol. The molecule has 1 aromatic carbocycles. The second kappa shape index (κ2) is 5.47. The zero-order chi connectivity index (χ0) is 13.2. The summed E-state index contributed by atoms with van der Waals surface area (Å²) in [6.07, 6.45) is -1.66. The van der Waals surface area contributed by atoms with Crippen molar-refractivity contribution in [2.45, 2.75) is 25.9 Å². The topological polar surface area (TPSA) is 46.5 Å². The number of esters is 1. The van der Waals surface area contributed by atoms with Gasteiger partial charge in [0.05, 0.1) is 12.1 Å². The van der Waals surface area contributed by atoms with Gasteiger partial charge in [0.1, 0.15) is 5.82 Å². The van der Waals surface area contributed by atoms with E-state index in [1.165, 1.54) is 12.1 Å². The first kappa shape index (κ1) is 13.9. The maximum Gasteiger partial charge on any atom is 0.339 e. The molecule has 0 radical (unpaired) electrons. The number of carbonyl (C=O) groups excluding carboxylic acids is 1. The minimum absolute atomic E-state index is 0.108. The minimum atomic E-state index is -1.66. The van der Waals surface area contributed by atoms with E-state index in [1.54, 1.807) is 0 Å². The largest absolute Gasteiger partial charge is 0.467 e. The van der Waals surface area contributed by atoms with Crippen LogP contribution >= 0.6 is 11.6 Å². The molecule has 0 aliphatic heterocycles. The second-order valence-corrected chi connectivity index (χ2v) is 4.39. The Morgan fingerprint density at radius 2 is 2.06 bits per heavy atom. The molecule has 0 aliphatic carbocycles. The summed E-state index contributed by atoms with van der Waals surface area (Å²) in [5, 5.41) is 9.51. The number of benzene rings is 1. The Kier molecular flexibility index (Phi) is 4.48. The van der Waals surface area contributed by atoms with Crippen molar-refractivity contribution >= 4 is 17.6 Å². The molecule has 0 amide bonds. The first-order valence-electron chi connectivity index (χ1n) is 5.13. The summed E-state index contributed by atoms with van der Waals surface area (Å²) in [6.45, 7) is 3.80. The van der Waals surface area contributed by atoms with Crippen molar-refractivity contribution in [3.8, 4) is 0 Å². The number of carbonyl (C=O) groups is 1. The van der Waals surface area contributed by atoms with Crippen LogP contribution in [0.1, 0.15) is 37.0 Å². The van der Waals surface area contributed by atoms with Crippen LogP contribution in [-0.4, -0.2) is 18.2 Å². The molecule has 0 aromatic heterocycles. The Morgan fingerprint density at radius 3 is 2.53 bits per heavy atom. The summed E-state index contributed by atoms with van der Waals surface area (Å²) in [6, 6.07) is 2.91. The lowest BCUT2D eigenvalue weighted by Gasteiger charge is -2.14. The SMILES string of the molecule is COC(=O)C(O)c1cc(C(C)C)cc(Cl)c1F. The number of methoxy groups -OCH3 is 1. The van der Waals surface area contributed by atoms with Crippen LogP contribution in [0.2, 0.25) is 5.02 Å². The number of hydrogen-bond acceptors (Lipinski definition) is 3. The average Bonchev–Trinajstić information content (AvgIpc) is 2.30. The zero-order valence-corrected chi connectivity index (χ0v) is 10.6. The summed E-state index contributed by atoms with van der Waals surface area (Å²) < 4.78 is 18.1. The highest BCUT2D eigenvalue weighted by Gasteiger charge is 2.24. The summed E-state index contributed by atoms with van der Waals surface area (Å²) >= 11 is 5.72. The first-order valence-corrected chi connectivity index (χ1v) is 5.51. The van der Waals surface area contributed by atoms with E-state index in [9.17, 15) is 14.3 Å². The standard InChI is InChI=1S/C12H14ClFO3/c1-6(2)7-4-8(10(14)9(13)5-7)11(15)12(16)17-3/h4-6,11,15H,1-3H3. The molecule has 17 heavy (non-hydrogen) atoms. The summed E-state index contributed by atoms with van der Waals surface area (Å²) in [5.41, 5.74) is 0.586. The van der Waals surface area contributed by atoms with Gasteiger partial charge in [-0.2, -0.15) is 0 Å². The van der Waals surface area contributed by atoms with Gasteiger partial charge in [0.2, 0.25) is 0 Å². The molecule has 1 rings (SSSR count). The lowest BCUT2D eigenvalue weighted by atomic mass is 9.98. The molecule has 1 N–H and O–H groups in total.